The van der Waals surface area contributed by atoms with Crippen LogP contribution in [0.3, 0.4) is 0 Å². The Morgan fingerprint density at radius 2 is 1.81 bits per heavy atom. The van der Waals surface area contributed by atoms with Crippen LogP contribution in [0.25, 0.3) is 0 Å². The lowest BCUT2D eigenvalue weighted by molar-refractivity contribution is -0.161. The minimum Gasteiger partial charge on any atom is -0.466 e. The van der Waals surface area contributed by atoms with Crippen molar-refractivity contribution in [1.82, 2.24) is 0 Å². The van der Waals surface area contributed by atoms with Crippen molar-refractivity contribution in [2.24, 2.45) is 17.3 Å². The molecule has 1 rings (SSSR count). The zero-order valence-electron chi connectivity index (χ0n) is 20.6. The van der Waals surface area contributed by atoms with Crippen molar-refractivity contribution >= 4 is 17.7 Å². The summed E-state index contributed by atoms with van der Waals surface area (Å²) in [6.45, 7) is 8.39. The van der Waals surface area contributed by atoms with E-state index in [-0.39, 0.29) is 30.2 Å². The van der Waals surface area contributed by atoms with Gasteiger partial charge in [0.1, 0.15) is 5.41 Å². The number of carbonyl (C=O) groups is 3. The van der Waals surface area contributed by atoms with Crippen LogP contribution in [-0.4, -0.2) is 42.1 Å². The first-order valence-electron chi connectivity index (χ1n) is 12.5. The number of carbonyl (C=O) groups excluding carboxylic acids is 3. The number of esters is 2. The first kappa shape index (κ1) is 28.3. The third-order valence-corrected chi connectivity index (χ3v) is 6.54. The summed E-state index contributed by atoms with van der Waals surface area (Å²) in [5.41, 5.74) is -1.16. The molecular formula is C26H44O6. The summed E-state index contributed by atoms with van der Waals surface area (Å²) in [4.78, 5) is 37.6. The molecule has 1 fully saturated rings. The Labute approximate surface area is 194 Å². The molecule has 184 valence electrons. The lowest BCUT2D eigenvalue weighted by Gasteiger charge is -2.31. The van der Waals surface area contributed by atoms with Gasteiger partial charge in [-0.3, -0.25) is 14.4 Å². The predicted octanol–water partition coefficient (Wildman–Crippen LogP) is 5.16. The molecule has 6 nitrogen and oxygen atoms in total. The van der Waals surface area contributed by atoms with Gasteiger partial charge in [0, 0.05) is 18.8 Å². The van der Waals surface area contributed by atoms with Crippen LogP contribution in [0.2, 0.25) is 0 Å². The first-order chi connectivity index (χ1) is 15.3. The third kappa shape index (κ3) is 8.68. The van der Waals surface area contributed by atoms with Gasteiger partial charge < -0.3 is 14.6 Å². The molecule has 0 saturated heterocycles. The van der Waals surface area contributed by atoms with E-state index in [1.807, 2.05) is 6.08 Å². The second kappa shape index (κ2) is 15.2. The van der Waals surface area contributed by atoms with Gasteiger partial charge in [-0.1, -0.05) is 51.7 Å². The molecule has 1 aliphatic carbocycles. The van der Waals surface area contributed by atoms with E-state index in [4.69, 9.17) is 9.47 Å². The van der Waals surface area contributed by atoms with Gasteiger partial charge in [0.25, 0.3) is 0 Å². The van der Waals surface area contributed by atoms with Gasteiger partial charge in [0.15, 0.2) is 5.78 Å². The Morgan fingerprint density at radius 1 is 1.09 bits per heavy atom. The van der Waals surface area contributed by atoms with E-state index in [2.05, 4.69) is 13.8 Å². The lowest BCUT2D eigenvalue weighted by Crippen LogP contribution is -2.42. The molecule has 0 aromatic rings. The van der Waals surface area contributed by atoms with Crippen LogP contribution in [0.1, 0.15) is 98.3 Å². The number of hydrogen-bond acceptors (Lipinski definition) is 6. The number of Topliss-reactive ketones (excluding diaryl/α,β-unsaturated/α-hetero) is 1. The molecule has 0 bridgehead atoms. The fourth-order valence-electron chi connectivity index (χ4n) is 4.58. The minimum atomic E-state index is -1.16. The Hall–Kier alpha value is -1.69. The van der Waals surface area contributed by atoms with Crippen LogP contribution in [0.15, 0.2) is 12.2 Å². The van der Waals surface area contributed by atoms with E-state index < -0.39 is 17.5 Å². The van der Waals surface area contributed by atoms with Crippen LogP contribution in [0.5, 0.6) is 0 Å². The third-order valence-electron chi connectivity index (χ3n) is 6.54. The van der Waals surface area contributed by atoms with E-state index in [1.54, 1.807) is 19.9 Å². The van der Waals surface area contributed by atoms with Crippen molar-refractivity contribution < 1.29 is 29.0 Å². The highest BCUT2D eigenvalue weighted by Gasteiger charge is 2.55. The molecule has 6 heteroatoms. The highest BCUT2D eigenvalue weighted by Crippen LogP contribution is 2.47. The fraction of sp³-hybridized carbons (Fsp3) is 0.808. The van der Waals surface area contributed by atoms with E-state index in [0.717, 1.165) is 32.1 Å². The number of unbranched alkanes of at least 4 members (excludes halogenated alkanes) is 2. The molecule has 4 atom stereocenters. The fourth-order valence-corrected chi connectivity index (χ4v) is 4.58. The minimum absolute atomic E-state index is 0.0511. The molecule has 0 aliphatic heterocycles. The molecule has 0 radical (unpaired) electrons. The van der Waals surface area contributed by atoms with Crippen molar-refractivity contribution in [3.63, 3.8) is 0 Å². The SMILES string of the molecule is CCCCCC(O)/C=C/C1CCC(=O)C1(CCC(C)CCCC(=O)OCC)C(=O)OCC. The molecular weight excluding hydrogens is 408 g/mol. The molecule has 0 aromatic heterocycles. The van der Waals surface area contributed by atoms with E-state index in [9.17, 15) is 19.5 Å². The summed E-state index contributed by atoms with van der Waals surface area (Å²) in [6, 6.07) is 0. The van der Waals surface area contributed by atoms with Gasteiger partial charge in [-0.25, -0.2) is 0 Å². The summed E-state index contributed by atoms with van der Waals surface area (Å²) < 4.78 is 10.3. The van der Waals surface area contributed by atoms with Crippen molar-refractivity contribution in [2.45, 2.75) is 104 Å². The molecule has 0 amide bonds. The Morgan fingerprint density at radius 3 is 2.47 bits per heavy atom. The number of aliphatic hydroxyl groups excluding tert-OH is 1. The molecule has 1 saturated carbocycles. The van der Waals surface area contributed by atoms with E-state index in [0.29, 0.717) is 45.1 Å². The Balaban J connectivity index is 2.82. The summed E-state index contributed by atoms with van der Waals surface area (Å²) >= 11 is 0. The van der Waals surface area contributed by atoms with Gasteiger partial charge in [0.05, 0.1) is 19.3 Å². The number of ketones is 1. The molecule has 1 N–H and O–H groups in total. The number of allylic oxidation sites excluding steroid dienone is 1. The van der Waals surface area contributed by atoms with Crippen LogP contribution < -0.4 is 0 Å². The second-order valence-electron chi connectivity index (χ2n) is 9.05. The predicted molar refractivity (Wildman–Crippen MR) is 125 cm³/mol. The Kier molecular flexibility index (Phi) is 13.5. The van der Waals surface area contributed by atoms with Gasteiger partial charge in [-0.2, -0.15) is 0 Å². The molecule has 1 aliphatic rings. The zero-order valence-corrected chi connectivity index (χ0v) is 20.6. The van der Waals surface area contributed by atoms with Crippen molar-refractivity contribution in [2.75, 3.05) is 13.2 Å². The summed E-state index contributed by atoms with van der Waals surface area (Å²) in [5.74, 6) is -0.646. The summed E-state index contributed by atoms with van der Waals surface area (Å²) in [7, 11) is 0. The van der Waals surface area contributed by atoms with Crippen molar-refractivity contribution in [3.8, 4) is 0 Å². The summed E-state index contributed by atoms with van der Waals surface area (Å²) in [6.07, 6.45) is 11.0. The standard InChI is InChI=1S/C26H44O6/c1-5-8-9-12-22(27)16-14-21-15-17-23(28)26(21,25(30)32-7-3)19-18-20(4)11-10-13-24(29)31-6-2/h14,16,20-22,27H,5-13,15,17-19H2,1-4H3/b16-14+. The molecule has 4 unspecified atom stereocenters. The van der Waals surface area contributed by atoms with Crippen LogP contribution in [0.4, 0.5) is 0 Å². The quantitative estimate of drug-likeness (QED) is 0.150. The topological polar surface area (TPSA) is 89.9 Å². The lowest BCUT2D eigenvalue weighted by atomic mass is 9.71. The summed E-state index contributed by atoms with van der Waals surface area (Å²) in [5, 5.41) is 10.3. The normalized spacial score (nSPS) is 22.8. The van der Waals surface area contributed by atoms with E-state index >= 15 is 0 Å². The Bertz CT molecular complexity index is 613. The van der Waals surface area contributed by atoms with Crippen molar-refractivity contribution in [3.05, 3.63) is 12.2 Å². The average Bonchev–Trinajstić information content (AvgIpc) is 3.07. The molecule has 0 heterocycles. The van der Waals surface area contributed by atoms with Crippen LogP contribution in [-0.2, 0) is 23.9 Å². The zero-order chi connectivity index (χ0) is 24.0. The largest absolute Gasteiger partial charge is 0.466 e. The van der Waals surface area contributed by atoms with E-state index in [1.165, 1.54) is 0 Å². The molecule has 0 spiro atoms. The monoisotopic (exact) mass is 452 g/mol. The van der Waals surface area contributed by atoms with Gasteiger partial charge in [-0.15, -0.1) is 0 Å². The maximum atomic E-state index is 13.0. The number of rotatable bonds is 16. The van der Waals surface area contributed by atoms with Crippen molar-refractivity contribution in [1.29, 1.82) is 0 Å². The molecule has 0 aromatic carbocycles. The second-order valence-corrected chi connectivity index (χ2v) is 9.05. The maximum Gasteiger partial charge on any atom is 0.320 e. The average molecular weight is 453 g/mol. The van der Waals surface area contributed by atoms with Gasteiger partial charge in [0.2, 0.25) is 0 Å². The molecule has 32 heavy (non-hydrogen) atoms. The first-order valence-corrected chi connectivity index (χ1v) is 12.5. The maximum absolute atomic E-state index is 13.0. The number of hydrogen-bond donors (Lipinski definition) is 1. The number of ether oxygens (including phenoxy) is 2. The van der Waals surface area contributed by atoms with Gasteiger partial charge >= 0.3 is 11.9 Å². The van der Waals surface area contributed by atoms with Crippen LogP contribution >= 0.6 is 0 Å². The van der Waals surface area contributed by atoms with Crippen LogP contribution in [0, 0.1) is 17.3 Å². The highest BCUT2D eigenvalue weighted by molar-refractivity contribution is 6.06. The number of aliphatic hydroxyl groups is 1. The highest BCUT2D eigenvalue weighted by atomic mass is 16.5. The van der Waals surface area contributed by atoms with Gasteiger partial charge in [-0.05, 0) is 51.9 Å². The smallest absolute Gasteiger partial charge is 0.320 e.